The SMILES string of the molecule is Cc1cc(C)c([N+](=O)[O-])cc1NS(=O)(=O)c1ccc(Cl)c(C(F)(F)F)c1. The van der Waals surface area contributed by atoms with Crippen molar-refractivity contribution in [3.8, 4) is 0 Å². The summed E-state index contributed by atoms with van der Waals surface area (Å²) in [4.78, 5) is 9.65. The van der Waals surface area contributed by atoms with Crippen molar-refractivity contribution in [3.05, 3.63) is 62.2 Å². The number of sulfonamides is 1. The quantitative estimate of drug-likeness (QED) is 0.587. The zero-order valence-corrected chi connectivity index (χ0v) is 15.0. The minimum Gasteiger partial charge on any atom is -0.279 e. The van der Waals surface area contributed by atoms with Crippen LogP contribution in [0, 0.1) is 24.0 Å². The first kappa shape index (κ1) is 20.0. The van der Waals surface area contributed by atoms with Crippen LogP contribution in [-0.2, 0) is 16.2 Å². The number of benzene rings is 2. The van der Waals surface area contributed by atoms with Gasteiger partial charge in [-0.1, -0.05) is 11.6 Å². The number of rotatable bonds is 4. The summed E-state index contributed by atoms with van der Waals surface area (Å²) < 4.78 is 65.7. The van der Waals surface area contributed by atoms with Crippen molar-refractivity contribution < 1.29 is 26.5 Å². The van der Waals surface area contributed by atoms with Crippen molar-refractivity contribution in [2.24, 2.45) is 0 Å². The maximum Gasteiger partial charge on any atom is 0.417 e. The molecule has 2 rings (SSSR count). The smallest absolute Gasteiger partial charge is 0.279 e. The van der Waals surface area contributed by atoms with Gasteiger partial charge in [0.2, 0.25) is 0 Å². The maximum atomic E-state index is 12.9. The molecule has 0 aliphatic rings. The van der Waals surface area contributed by atoms with E-state index < -0.39 is 36.6 Å². The van der Waals surface area contributed by atoms with Crippen LogP contribution in [-0.4, -0.2) is 13.3 Å². The van der Waals surface area contributed by atoms with Gasteiger partial charge in [0.05, 0.1) is 26.1 Å². The Labute approximate surface area is 151 Å². The van der Waals surface area contributed by atoms with Crippen LogP contribution in [0.15, 0.2) is 35.2 Å². The Morgan fingerprint density at radius 3 is 2.27 bits per heavy atom. The molecule has 0 aromatic heterocycles. The minimum atomic E-state index is -4.83. The largest absolute Gasteiger partial charge is 0.417 e. The van der Waals surface area contributed by atoms with Crippen molar-refractivity contribution >= 4 is 33.0 Å². The number of anilines is 1. The van der Waals surface area contributed by atoms with E-state index in [2.05, 4.69) is 4.72 Å². The van der Waals surface area contributed by atoms with E-state index in [1.54, 1.807) is 0 Å². The highest BCUT2D eigenvalue weighted by atomic mass is 35.5. The van der Waals surface area contributed by atoms with Gasteiger partial charge in [0, 0.05) is 11.6 Å². The highest BCUT2D eigenvalue weighted by Crippen LogP contribution is 2.36. The van der Waals surface area contributed by atoms with E-state index in [-0.39, 0.29) is 11.4 Å². The van der Waals surface area contributed by atoms with Crippen LogP contribution >= 0.6 is 11.6 Å². The third-order valence-electron chi connectivity index (χ3n) is 3.54. The Morgan fingerprint density at radius 2 is 1.73 bits per heavy atom. The molecule has 0 bridgehead atoms. The number of alkyl halides is 3. The standard InChI is InChI=1S/C15H12ClF3N2O4S/c1-8-5-9(2)14(21(22)23)7-13(8)20-26(24,25)10-3-4-12(16)11(6-10)15(17,18)19/h3-7,20H,1-2H3. The molecule has 6 nitrogen and oxygen atoms in total. The van der Waals surface area contributed by atoms with Crippen molar-refractivity contribution in [1.82, 2.24) is 0 Å². The molecule has 0 amide bonds. The second-order valence-corrected chi connectivity index (χ2v) is 7.55. The molecule has 2 aromatic rings. The maximum absolute atomic E-state index is 12.9. The summed E-state index contributed by atoms with van der Waals surface area (Å²) >= 11 is 5.48. The topological polar surface area (TPSA) is 89.3 Å². The number of hydrogen-bond donors (Lipinski definition) is 1. The van der Waals surface area contributed by atoms with Gasteiger partial charge < -0.3 is 0 Å². The van der Waals surface area contributed by atoms with E-state index in [1.807, 2.05) is 0 Å². The molecule has 1 N–H and O–H groups in total. The summed E-state index contributed by atoms with van der Waals surface area (Å²) in [5.74, 6) is 0. The Bertz CT molecular complexity index is 991. The van der Waals surface area contributed by atoms with Gasteiger partial charge in [-0.25, -0.2) is 8.42 Å². The fraction of sp³-hybridized carbons (Fsp3) is 0.200. The molecule has 0 saturated carbocycles. The van der Waals surface area contributed by atoms with Gasteiger partial charge in [0.15, 0.2) is 0 Å². The lowest BCUT2D eigenvalue weighted by Gasteiger charge is -2.14. The fourth-order valence-corrected chi connectivity index (χ4v) is 3.61. The van der Waals surface area contributed by atoms with Crippen LogP contribution in [0.2, 0.25) is 5.02 Å². The average molecular weight is 409 g/mol. The molecule has 0 atom stereocenters. The molecule has 0 radical (unpaired) electrons. The van der Waals surface area contributed by atoms with E-state index in [0.717, 1.165) is 18.2 Å². The number of hydrogen-bond acceptors (Lipinski definition) is 4. The van der Waals surface area contributed by atoms with Crippen LogP contribution in [0.25, 0.3) is 0 Å². The van der Waals surface area contributed by atoms with Crippen LogP contribution in [0.3, 0.4) is 0 Å². The van der Waals surface area contributed by atoms with Gasteiger partial charge in [-0.2, -0.15) is 13.2 Å². The Kier molecular flexibility index (Phi) is 5.20. The lowest BCUT2D eigenvalue weighted by Crippen LogP contribution is -2.16. The van der Waals surface area contributed by atoms with Crippen molar-refractivity contribution in [2.45, 2.75) is 24.9 Å². The van der Waals surface area contributed by atoms with E-state index in [0.29, 0.717) is 17.2 Å². The van der Waals surface area contributed by atoms with Crippen LogP contribution in [0.5, 0.6) is 0 Å². The minimum absolute atomic E-state index is 0.106. The fourth-order valence-electron chi connectivity index (χ4n) is 2.24. The van der Waals surface area contributed by atoms with E-state index in [9.17, 15) is 31.7 Å². The Hall–Kier alpha value is -2.33. The van der Waals surface area contributed by atoms with Crippen LogP contribution in [0.4, 0.5) is 24.5 Å². The predicted octanol–water partition coefficient (Wildman–Crippen LogP) is 4.68. The van der Waals surface area contributed by atoms with Gasteiger partial charge in [-0.05, 0) is 43.7 Å². The second kappa shape index (κ2) is 6.76. The van der Waals surface area contributed by atoms with E-state index in [4.69, 9.17) is 11.6 Å². The normalized spacial score (nSPS) is 12.1. The van der Waals surface area contributed by atoms with Crippen molar-refractivity contribution in [3.63, 3.8) is 0 Å². The summed E-state index contributed by atoms with van der Waals surface area (Å²) in [5, 5.41) is 10.4. The number of aryl methyl sites for hydroxylation is 2. The third-order valence-corrected chi connectivity index (χ3v) is 5.23. The molecule has 0 aliphatic carbocycles. The van der Waals surface area contributed by atoms with Gasteiger partial charge in [-0.3, -0.25) is 14.8 Å². The molecule has 0 spiro atoms. The van der Waals surface area contributed by atoms with E-state index in [1.165, 1.54) is 19.9 Å². The summed E-state index contributed by atoms with van der Waals surface area (Å²) in [6.45, 7) is 3.00. The number of nitro groups is 1. The molecule has 26 heavy (non-hydrogen) atoms. The Morgan fingerprint density at radius 1 is 1.12 bits per heavy atom. The highest BCUT2D eigenvalue weighted by molar-refractivity contribution is 7.92. The molecular formula is C15H12ClF3N2O4S. The lowest BCUT2D eigenvalue weighted by molar-refractivity contribution is -0.385. The molecule has 2 aromatic carbocycles. The number of nitrogens with zero attached hydrogens (tertiary/aromatic N) is 1. The van der Waals surface area contributed by atoms with Crippen molar-refractivity contribution in [2.75, 3.05) is 4.72 Å². The monoisotopic (exact) mass is 408 g/mol. The van der Waals surface area contributed by atoms with E-state index >= 15 is 0 Å². The second-order valence-electron chi connectivity index (χ2n) is 5.46. The molecule has 0 fully saturated rings. The first-order valence-corrected chi connectivity index (χ1v) is 8.84. The number of nitro benzene ring substituents is 1. The Balaban J connectivity index is 2.51. The summed E-state index contributed by atoms with van der Waals surface area (Å²) in [6, 6.07) is 4.56. The van der Waals surface area contributed by atoms with Gasteiger partial charge >= 0.3 is 6.18 Å². The number of halogens is 4. The molecule has 0 aliphatic heterocycles. The van der Waals surface area contributed by atoms with Gasteiger partial charge in [-0.15, -0.1) is 0 Å². The molecular weight excluding hydrogens is 397 g/mol. The van der Waals surface area contributed by atoms with Crippen molar-refractivity contribution in [1.29, 1.82) is 0 Å². The van der Waals surface area contributed by atoms with Crippen LogP contribution in [0.1, 0.15) is 16.7 Å². The zero-order chi connectivity index (χ0) is 19.9. The van der Waals surface area contributed by atoms with Gasteiger partial charge in [0.25, 0.3) is 15.7 Å². The first-order valence-electron chi connectivity index (χ1n) is 6.98. The predicted molar refractivity (Wildman–Crippen MR) is 89.8 cm³/mol. The molecule has 0 saturated heterocycles. The number of nitrogens with one attached hydrogen (secondary N) is 1. The summed E-state index contributed by atoms with van der Waals surface area (Å²) in [7, 11) is -4.42. The molecule has 0 heterocycles. The third kappa shape index (κ3) is 4.07. The molecule has 0 unspecified atom stereocenters. The molecule has 11 heteroatoms. The lowest BCUT2D eigenvalue weighted by atomic mass is 10.1. The summed E-state index contributed by atoms with van der Waals surface area (Å²) in [6.07, 6.45) is -4.83. The zero-order valence-electron chi connectivity index (χ0n) is 13.4. The molecule has 140 valence electrons. The first-order chi connectivity index (χ1) is 11.8. The summed E-state index contributed by atoms with van der Waals surface area (Å²) in [5.41, 5.74) is -1.03. The van der Waals surface area contributed by atoms with Gasteiger partial charge in [0.1, 0.15) is 0 Å². The highest BCUT2D eigenvalue weighted by Gasteiger charge is 2.34. The van der Waals surface area contributed by atoms with Crippen LogP contribution < -0.4 is 4.72 Å². The average Bonchev–Trinajstić information content (AvgIpc) is 2.48.